The summed E-state index contributed by atoms with van der Waals surface area (Å²) >= 11 is 0. The van der Waals surface area contributed by atoms with Crippen LogP contribution in [0.25, 0.3) is 0 Å². The monoisotopic (exact) mass is 251 g/mol. The second kappa shape index (κ2) is 5.48. The number of nitro groups is 1. The summed E-state index contributed by atoms with van der Waals surface area (Å²) in [6, 6.07) is 2.86. The fraction of sp³-hybridized carbons (Fsp3) is 0.417. The van der Waals surface area contributed by atoms with Crippen LogP contribution < -0.4 is 5.32 Å². The lowest BCUT2D eigenvalue weighted by Gasteiger charge is -2.17. The Balaban J connectivity index is 3.02. The first-order chi connectivity index (χ1) is 8.36. The molecule has 0 radical (unpaired) electrons. The zero-order valence-corrected chi connectivity index (χ0v) is 11.0. The van der Waals surface area contributed by atoms with E-state index in [1.54, 1.807) is 27.0 Å². The molecule has 0 aliphatic rings. The van der Waals surface area contributed by atoms with Crippen LogP contribution in [0.2, 0.25) is 0 Å². The highest BCUT2D eigenvalue weighted by Crippen LogP contribution is 2.26. The molecule has 18 heavy (non-hydrogen) atoms. The van der Waals surface area contributed by atoms with Gasteiger partial charge in [0.2, 0.25) is 0 Å². The molecular formula is C12H17N3O3. The molecule has 2 amide bonds. The largest absolute Gasteiger partial charge is 0.328 e. The molecule has 0 aliphatic carbocycles. The van der Waals surface area contributed by atoms with Gasteiger partial charge in [0.25, 0.3) is 5.69 Å². The summed E-state index contributed by atoms with van der Waals surface area (Å²) in [6.07, 6.45) is 0. The Kier molecular flexibility index (Phi) is 4.25. The summed E-state index contributed by atoms with van der Waals surface area (Å²) in [6.45, 7) is 5.84. The van der Waals surface area contributed by atoms with Gasteiger partial charge in [0.1, 0.15) is 0 Å². The van der Waals surface area contributed by atoms with E-state index in [-0.39, 0.29) is 11.7 Å². The predicted octanol–water partition coefficient (Wildman–Crippen LogP) is 2.70. The standard InChI is InChI=1S/C12H17N3O3/c1-5-14(4)12(16)13-10-6-9(3)11(15(17)18)7-8(10)2/h6-7H,5H2,1-4H3,(H,13,16). The maximum atomic E-state index is 11.7. The number of anilines is 1. The molecule has 0 saturated carbocycles. The number of carbonyl (C=O) groups is 1. The number of hydrogen-bond acceptors (Lipinski definition) is 3. The average molecular weight is 251 g/mol. The average Bonchev–Trinajstić information content (AvgIpc) is 2.31. The van der Waals surface area contributed by atoms with Crippen molar-refractivity contribution in [2.75, 3.05) is 18.9 Å². The van der Waals surface area contributed by atoms with Crippen LogP contribution in [0.15, 0.2) is 12.1 Å². The number of benzene rings is 1. The van der Waals surface area contributed by atoms with Gasteiger partial charge in [0.05, 0.1) is 4.92 Å². The van der Waals surface area contributed by atoms with Crippen LogP contribution >= 0.6 is 0 Å². The Morgan fingerprint density at radius 3 is 2.50 bits per heavy atom. The van der Waals surface area contributed by atoms with Crippen molar-refractivity contribution in [3.8, 4) is 0 Å². The quantitative estimate of drug-likeness (QED) is 0.662. The highest BCUT2D eigenvalue weighted by atomic mass is 16.6. The van der Waals surface area contributed by atoms with Crippen LogP contribution in [-0.4, -0.2) is 29.4 Å². The van der Waals surface area contributed by atoms with Gasteiger partial charge in [-0.15, -0.1) is 0 Å². The number of hydrogen-bond donors (Lipinski definition) is 1. The molecule has 0 fully saturated rings. The summed E-state index contributed by atoms with van der Waals surface area (Å²) in [7, 11) is 1.68. The molecule has 1 rings (SSSR count). The van der Waals surface area contributed by atoms with E-state index in [9.17, 15) is 14.9 Å². The summed E-state index contributed by atoms with van der Waals surface area (Å²) in [5, 5.41) is 13.5. The lowest BCUT2D eigenvalue weighted by Crippen LogP contribution is -2.31. The molecule has 0 unspecified atom stereocenters. The minimum Gasteiger partial charge on any atom is -0.328 e. The van der Waals surface area contributed by atoms with E-state index in [1.165, 1.54) is 11.0 Å². The van der Waals surface area contributed by atoms with Crippen molar-refractivity contribution in [2.45, 2.75) is 20.8 Å². The van der Waals surface area contributed by atoms with Gasteiger partial charge in [-0.1, -0.05) is 0 Å². The van der Waals surface area contributed by atoms with E-state index in [2.05, 4.69) is 5.32 Å². The highest BCUT2D eigenvalue weighted by Gasteiger charge is 2.15. The van der Waals surface area contributed by atoms with Gasteiger partial charge < -0.3 is 10.2 Å². The first kappa shape index (κ1) is 14.0. The number of carbonyl (C=O) groups excluding carboxylic acids is 1. The second-order valence-electron chi connectivity index (χ2n) is 4.16. The third-order valence-electron chi connectivity index (χ3n) is 2.80. The van der Waals surface area contributed by atoms with Crippen molar-refractivity contribution in [2.24, 2.45) is 0 Å². The highest BCUT2D eigenvalue weighted by molar-refractivity contribution is 5.90. The molecule has 0 aromatic heterocycles. The number of amides is 2. The van der Waals surface area contributed by atoms with Gasteiger partial charge >= 0.3 is 6.03 Å². The van der Waals surface area contributed by atoms with Crippen LogP contribution in [0.4, 0.5) is 16.2 Å². The van der Waals surface area contributed by atoms with Crippen molar-refractivity contribution < 1.29 is 9.72 Å². The van der Waals surface area contributed by atoms with Crippen LogP contribution in [0.5, 0.6) is 0 Å². The number of nitrogens with one attached hydrogen (secondary N) is 1. The topological polar surface area (TPSA) is 75.5 Å². The van der Waals surface area contributed by atoms with Crippen LogP contribution in [0, 0.1) is 24.0 Å². The van der Waals surface area contributed by atoms with E-state index in [0.29, 0.717) is 23.4 Å². The summed E-state index contributed by atoms with van der Waals surface area (Å²) in [5.41, 5.74) is 1.86. The molecule has 1 N–H and O–H groups in total. The number of nitrogens with zero attached hydrogens (tertiary/aromatic N) is 2. The molecule has 0 aliphatic heterocycles. The van der Waals surface area contributed by atoms with Crippen molar-refractivity contribution in [3.63, 3.8) is 0 Å². The predicted molar refractivity (Wildman–Crippen MR) is 69.9 cm³/mol. The molecule has 1 aromatic carbocycles. The first-order valence-corrected chi connectivity index (χ1v) is 5.64. The molecule has 1 aromatic rings. The minimum atomic E-state index is -0.425. The van der Waals surface area contributed by atoms with Gasteiger partial charge in [-0.25, -0.2) is 4.79 Å². The molecule has 6 heteroatoms. The van der Waals surface area contributed by atoms with Crippen LogP contribution in [0.3, 0.4) is 0 Å². The summed E-state index contributed by atoms with van der Waals surface area (Å²) in [5.74, 6) is 0. The Bertz CT molecular complexity index is 486. The molecule has 0 atom stereocenters. The van der Waals surface area contributed by atoms with Crippen LogP contribution in [0.1, 0.15) is 18.1 Å². The Hall–Kier alpha value is -2.11. The first-order valence-electron chi connectivity index (χ1n) is 5.64. The smallest absolute Gasteiger partial charge is 0.321 e. The molecule has 6 nitrogen and oxygen atoms in total. The second-order valence-corrected chi connectivity index (χ2v) is 4.16. The van der Waals surface area contributed by atoms with Crippen molar-refractivity contribution in [1.29, 1.82) is 0 Å². The summed E-state index contributed by atoms with van der Waals surface area (Å²) in [4.78, 5) is 23.6. The Morgan fingerprint density at radius 2 is 2.00 bits per heavy atom. The number of rotatable bonds is 3. The summed E-state index contributed by atoms with van der Waals surface area (Å²) < 4.78 is 0. The maximum Gasteiger partial charge on any atom is 0.321 e. The Morgan fingerprint density at radius 1 is 1.39 bits per heavy atom. The van der Waals surface area contributed by atoms with E-state index in [4.69, 9.17) is 0 Å². The number of aryl methyl sites for hydroxylation is 2. The SMILES string of the molecule is CCN(C)C(=O)Nc1cc(C)c([N+](=O)[O-])cc1C. The Labute approximate surface area is 106 Å². The molecular weight excluding hydrogens is 234 g/mol. The molecule has 0 heterocycles. The zero-order valence-electron chi connectivity index (χ0n) is 11.0. The molecule has 0 spiro atoms. The third-order valence-corrected chi connectivity index (χ3v) is 2.80. The van der Waals surface area contributed by atoms with Gasteiger partial charge in [-0.2, -0.15) is 0 Å². The van der Waals surface area contributed by atoms with E-state index in [1.807, 2.05) is 6.92 Å². The van der Waals surface area contributed by atoms with Gasteiger partial charge in [0, 0.05) is 30.9 Å². The fourth-order valence-electron chi connectivity index (χ4n) is 1.49. The maximum absolute atomic E-state index is 11.7. The van der Waals surface area contributed by atoms with Crippen molar-refractivity contribution >= 4 is 17.4 Å². The number of urea groups is 1. The molecule has 0 bridgehead atoms. The van der Waals surface area contributed by atoms with Gasteiger partial charge in [0.15, 0.2) is 0 Å². The lowest BCUT2D eigenvalue weighted by atomic mass is 10.1. The molecule has 98 valence electrons. The van der Waals surface area contributed by atoms with Gasteiger partial charge in [-0.05, 0) is 32.4 Å². The lowest BCUT2D eigenvalue weighted by molar-refractivity contribution is -0.385. The normalized spacial score (nSPS) is 10.0. The van der Waals surface area contributed by atoms with E-state index >= 15 is 0 Å². The minimum absolute atomic E-state index is 0.0642. The molecule has 0 saturated heterocycles. The van der Waals surface area contributed by atoms with E-state index < -0.39 is 4.92 Å². The fourth-order valence-corrected chi connectivity index (χ4v) is 1.49. The van der Waals surface area contributed by atoms with Crippen molar-refractivity contribution in [1.82, 2.24) is 4.90 Å². The zero-order chi connectivity index (χ0) is 13.9. The third kappa shape index (κ3) is 2.97. The van der Waals surface area contributed by atoms with Crippen molar-refractivity contribution in [3.05, 3.63) is 33.4 Å². The van der Waals surface area contributed by atoms with Crippen LogP contribution in [-0.2, 0) is 0 Å². The van der Waals surface area contributed by atoms with Gasteiger partial charge in [-0.3, -0.25) is 10.1 Å². The number of nitro benzene ring substituents is 1. The van der Waals surface area contributed by atoms with E-state index in [0.717, 1.165) is 0 Å².